The molecule has 0 saturated carbocycles. The highest BCUT2D eigenvalue weighted by Gasteiger charge is 2.31. The number of aromatic nitrogens is 3. The van der Waals surface area contributed by atoms with Crippen LogP contribution in [0.3, 0.4) is 0 Å². The topological polar surface area (TPSA) is 88.3 Å². The molecule has 1 aliphatic heterocycles. The quantitative estimate of drug-likeness (QED) is 0.886. The van der Waals surface area contributed by atoms with Crippen LogP contribution in [0.5, 0.6) is 0 Å². The SMILES string of the molecule is O=S(=O)(c1cc(F)cc(Cl)c1)N1CCn2nnc(CO)c2C1. The smallest absolute Gasteiger partial charge is 0.243 e. The summed E-state index contributed by atoms with van der Waals surface area (Å²) < 4.78 is 41.4. The summed E-state index contributed by atoms with van der Waals surface area (Å²) >= 11 is 5.73. The zero-order valence-corrected chi connectivity index (χ0v) is 12.8. The van der Waals surface area contributed by atoms with Gasteiger partial charge in [0.1, 0.15) is 11.5 Å². The van der Waals surface area contributed by atoms with Gasteiger partial charge in [0.25, 0.3) is 0 Å². The maximum absolute atomic E-state index is 13.4. The minimum atomic E-state index is -3.89. The molecule has 2 heterocycles. The van der Waals surface area contributed by atoms with Gasteiger partial charge in [-0.25, -0.2) is 17.5 Å². The fraction of sp³-hybridized carbons (Fsp3) is 0.333. The monoisotopic (exact) mass is 346 g/mol. The number of aliphatic hydroxyl groups excluding tert-OH is 1. The molecule has 3 rings (SSSR count). The maximum atomic E-state index is 13.4. The summed E-state index contributed by atoms with van der Waals surface area (Å²) in [5.74, 6) is -0.717. The molecule has 1 N–H and O–H groups in total. The van der Waals surface area contributed by atoms with E-state index in [9.17, 15) is 17.9 Å². The van der Waals surface area contributed by atoms with Crippen molar-refractivity contribution in [3.8, 4) is 0 Å². The Balaban J connectivity index is 1.97. The fourth-order valence-corrected chi connectivity index (χ4v) is 4.06. The van der Waals surface area contributed by atoms with Gasteiger partial charge in [-0.15, -0.1) is 5.10 Å². The first-order valence-corrected chi connectivity index (χ1v) is 8.22. The van der Waals surface area contributed by atoms with Crippen molar-refractivity contribution in [1.82, 2.24) is 19.3 Å². The molecule has 0 amide bonds. The van der Waals surface area contributed by atoms with Crippen molar-refractivity contribution in [1.29, 1.82) is 0 Å². The number of halogens is 2. The predicted molar refractivity (Wildman–Crippen MR) is 75.0 cm³/mol. The second-order valence-electron chi connectivity index (χ2n) is 4.81. The molecule has 0 atom stereocenters. The average Bonchev–Trinajstić information content (AvgIpc) is 2.88. The second kappa shape index (κ2) is 5.58. The van der Waals surface area contributed by atoms with E-state index in [4.69, 9.17) is 11.6 Å². The molecular weight excluding hydrogens is 335 g/mol. The molecular formula is C12H12ClFN4O3S. The highest BCUT2D eigenvalue weighted by Crippen LogP contribution is 2.25. The van der Waals surface area contributed by atoms with Crippen molar-refractivity contribution in [2.75, 3.05) is 6.54 Å². The van der Waals surface area contributed by atoms with E-state index in [1.807, 2.05) is 0 Å². The van der Waals surface area contributed by atoms with Crippen LogP contribution in [0.15, 0.2) is 23.1 Å². The van der Waals surface area contributed by atoms with Crippen molar-refractivity contribution in [3.63, 3.8) is 0 Å². The van der Waals surface area contributed by atoms with Gasteiger partial charge >= 0.3 is 0 Å². The number of fused-ring (bicyclic) bond motifs is 1. The van der Waals surface area contributed by atoms with Crippen LogP contribution >= 0.6 is 11.6 Å². The molecule has 0 spiro atoms. The number of sulfonamides is 1. The van der Waals surface area contributed by atoms with Crippen LogP contribution in [-0.2, 0) is 29.7 Å². The van der Waals surface area contributed by atoms with Gasteiger partial charge in [0, 0.05) is 11.6 Å². The van der Waals surface area contributed by atoms with Crippen molar-refractivity contribution < 1.29 is 17.9 Å². The zero-order valence-electron chi connectivity index (χ0n) is 11.3. The summed E-state index contributed by atoms with van der Waals surface area (Å²) in [7, 11) is -3.89. The minimum Gasteiger partial charge on any atom is -0.390 e. The summed E-state index contributed by atoms with van der Waals surface area (Å²) in [6.45, 7) is 0.177. The standard InChI is InChI=1S/C12H12ClFN4O3S/c13-8-3-9(14)5-10(4-8)22(20,21)17-1-2-18-12(6-17)11(7-19)15-16-18/h3-5,19H,1-2,6-7H2. The Hall–Kier alpha value is -1.55. The summed E-state index contributed by atoms with van der Waals surface area (Å²) in [6.07, 6.45) is 0. The molecule has 118 valence electrons. The zero-order chi connectivity index (χ0) is 15.9. The lowest BCUT2D eigenvalue weighted by Crippen LogP contribution is -2.38. The number of nitrogens with zero attached hydrogens (tertiary/aromatic N) is 4. The van der Waals surface area contributed by atoms with Gasteiger partial charge in [-0.3, -0.25) is 0 Å². The van der Waals surface area contributed by atoms with Crippen LogP contribution in [0.25, 0.3) is 0 Å². The van der Waals surface area contributed by atoms with E-state index in [2.05, 4.69) is 10.3 Å². The summed E-state index contributed by atoms with van der Waals surface area (Å²) in [4.78, 5) is -0.205. The molecule has 10 heteroatoms. The first-order valence-electron chi connectivity index (χ1n) is 6.40. The van der Waals surface area contributed by atoms with Crippen LogP contribution in [0.1, 0.15) is 11.4 Å². The van der Waals surface area contributed by atoms with Crippen molar-refractivity contribution in [2.24, 2.45) is 0 Å². The number of rotatable bonds is 3. The molecule has 1 aliphatic rings. The Morgan fingerprint density at radius 1 is 1.32 bits per heavy atom. The van der Waals surface area contributed by atoms with Gasteiger partial charge in [0.05, 0.1) is 30.3 Å². The Morgan fingerprint density at radius 3 is 2.77 bits per heavy atom. The van der Waals surface area contributed by atoms with Gasteiger partial charge in [-0.1, -0.05) is 16.8 Å². The highest BCUT2D eigenvalue weighted by atomic mass is 35.5. The molecule has 0 aliphatic carbocycles. The minimum absolute atomic E-state index is 0.0124. The van der Waals surface area contributed by atoms with Crippen molar-refractivity contribution in [3.05, 3.63) is 40.4 Å². The van der Waals surface area contributed by atoms with Crippen LogP contribution in [0.2, 0.25) is 5.02 Å². The average molecular weight is 347 g/mol. The molecule has 1 aromatic heterocycles. The van der Waals surface area contributed by atoms with Gasteiger partial charge in [0.15, 0.2) is 0 Å². The summed E-state index contributed by atoms with van der Waals surface area (Å²) in [5.41, 5.74) is 0.858. The third kappa shape index (κ3) is 2.60. The highest BCUT2D eigenvalue weighted by molar-refractivity contribution is 7.89. The van der Waals surface area contributed by atoms with Crippen LogP contribution in [0.4, 0.5) is 4.39 Å². The number of hydrogen-bond acceptors (Lipinski definition) is 5. The lowest BCUT2D eigenvalue weighted by atomic mass is 10.3. The predicted octanol–water partition coefficient (Wildman–Crippen LogP) is 0.767. The van der Waals surface area contributed by atoms with E-state index in [1.165, 1.54) is 10.4 Å². The van der Waals surface area contributed by atoms with Gasteiger partial charge in [-0.2, -0.15) is 4.31 Å². The van der Waals surface area contributed by atoms with Crippen molar-refractivity contribution >= 4 is 21.6 Å². The van der Waals surface area contributed by atoms with Crippen LogP contribution in [0, 0.1) is 5.82 Å². The molecule has 0 fully saturated rings. The summed E-state index contributed by atoms with van der Waals surface area (Å²) in [6, 6.07) is 3.18. The maximum Gasteiger partial charge on any atom is 0.243 e. The molecule has 0 radical (unpaired) electrons. The first-order chi connectivity index (χ1) is 10.4. The lowest BCUT2D eigenvalue weighted by molar-refractivity contribution is 0.270. The van der Waals surface area contributed by atoms with Crippen molar-refractivity contribution in [2.45, 2.75) is 24.6 Å². The number of benzene rings is 1. The molecule has 7 nitrogen and oxygen atoms in total. The third-order valence-electron chi connectivity index (χ3n) is 3.43. The van der Waals surface area contributed by atoms with E-state index in [-0.39, 0.29) is 29.6 Å². The van der Waals surface area contributed by atoms with E-state index >= 15 is 0 Å². The molecule has 2 aromatic rings. The molecule has 0 unspecified atom stereocenters. The second-order valence-corrected chi connectivity index (χ2v) is 7.18. The molecule has 0 bridgehead atoms. The van der Waals surface area contributed by atoms with Gasteiger partial charge in [-0.05, 0) is 18.2 Å². The van der Waals surface area contributed by atoms with Gasteiger partial charge < -0.3 is 5.11 Å². The Morgan fingerprint density at radius 2 is 2.09 bits per heavy atom. The Bertz CT molecular complexity index is 790. The fourth-order valence-electron chi connectivity index (χ4n) is 2.33. The number of hydrogen-bond donors (Lipinski definition) is 1. The normalized spacial score (nSPS) is 15.8. The molecule has 1 aromatic carbocycles. The Kier molecular flexibility index (Phi) is 3.89. The molecule has 0 saturated heterocycles. The lowest BCUT2D eigenvalue weighted by Gasteiger charge is -2.27. The van der Waals surface area contributed by atoms with Crippen LogP contribution < -0.4 is 0 Å². The van der Waals surface area contributed by atoms with Crippen LogP contribution in [-0.4, -0.2) is 39.4 Å². The summed E-state index contributed by atoms with van der Waals surface area (Å²) in [5, 5.41) is 16.9. The van der Waals surface area contributed by atoms with E-state index in [1.54, 1.807) is 4.68 Å². The van der Waals surface area contributed by atoms with E-state index in [0.717, 1.165) is 12.1 Å². The number of aliphatic hydroxyl groups is 1. The largest absolute Gasteiger partial charge is 0.390 e. The Labute approximate surface area is 131 Å². The third-order valence-corrected chi connectivity index (χ3v) is 5.47. The first kappa shape index (κ1) is 15.3. The van der Waals surface area contributed by atoms with Gasteiger partial charge in [0.2, 0.25) is 10.0 Å². The van der Waals surface area contributed by atoms with E-state index in [0.29, 0.717) is 17.9 Å². The van der Waals surface area contributed by atoms with E-state index < -0.39 is 15.8 Å². The molecule has 22 heavy (non-hydrogen) atoms.